The summed E-state index contributed by atoms with van der Waals surface area (Å²) in [6, 6.07) is 4.41. The van der Waals surface area contributed by atoms with Crippen molar-refractivity contribution in [2.24, 2.45) is 11.8 Å². The van der Waals surface area contributed by atoms with Crippen molar-refractivity contribution in [3.05, 3.63) is 35.1 Å². The minimum Gasteiger partial charge on any atom is -0.481 e. The number of benzene rings is 1. The number of carbonyl (C=O) groups excluding carboxylic acids is 1. The SMILES string of the molecule is Cc1ccc(C(=O)NCC(CC(=O)O)CC(C)C)c(F)c1. The lowest BCUT2D eigenvalue weighted by Gasteiger charge is -2.18. The Balaban J connectivity index is 2.65. The molecule has 0 heterocycles. The summed E-state index contributed by atoms with van der Waals surface area (Å²) in [7, 11) is 0. The quantitative estimate of drug-likeness (QED) is 0.812. The number of carboxylic acid groups (broad SMARTS) is 1. The molecule has 0 radical (unpaired) electrons. The van der Waals surface area contributed by atoms with Gasteiger partial charge in [0.2, 0.25) is 0 Å². The van der Waals surface area contributed by atoms with Gasteiger partial charge in [0.05, 0.1) is 5.56 Å². The van der Waals surface area contributed by atoms with E-state index in [0.29, 0.717) is 12.3 Å². The summed E-state index contributed by atoms with van der Waals surface area (Å²) in [4.78, 5) is 22.8. The molecule has 0 aliphatic carbocycles. The first-order valence-electron chi connectivity index (χ1n) is 7.05. The van der Waals surface area contributed by atoms with Gasteiger partial charge < -0.3 is 10.4 Å². The van der Waals surface area contributed by atoms with E-state index >= 15 is 0 Å². The first-order valence-corrected chi connectivity index (χ1v) is 7.05. The predicted molar refractivity (Wildman–Crippen MR) is 78.7 cm³/mol. The first kappa shape index (κ1) is 17.1. The fraction of sp³-hybridized carbons (Fsp3) is 0.500. The van der Waals surface area contributed by atoms with Gasteiger partial charge in [-0.2, -0.15) is 0 Å². The lowest BCUT2D eigenvalue weighted by Crippen LogP contribution is -2.31. The Hall–Kier alpha value is -1.91. The lowest BCUT2D eigenvalue weighted by atomic mass is 9.94. The van der Waals surface area contributed by atoms with E-state index in [9.17, 15) is 14.0 Å². The van der Waals surface area contributed by atoms with Crippen molar-refractivity contribution in [3.8, 4) is 0 Å². The first-order chi connectivity index (χ1) is 9.79. The topological polar surface area (TPSA) is 66.4 Å². The van der Waals surface area contributed by atoms with Crippen LogP contribution in [0.15, 0.2) is 18.2 Å². The molecule has 0 saturated heterocycles. The second-order valence-electron chi connectivity index (χ2n) is 5.79. The molecule has 1 unspecified atom stereocenters. The monoisotopic (exact) mass is 295 g/mol. The van der Waals surface area contributed by atoms with Gasteiger partial charge in [-0.15, -0.1) is 0 Å². The molecule has 4 nitrogen and oxygen atoms in total. The molecule has 2 N–H and O–H groups in total. The Morgan fingerprint density at radius 1 is 1.33 bits per heavy atom. The molecule has 5 heteroatoms. The summed E-state index contributed by atoms with van der Waals surface area (Å²) in [5.41, 5.74) is 0.729. The molecule has 0 spiro atoms. The minimum absolute atomic E-state index is 0.00512. The standard InChI is InChI=1S/C16H22FNO3/c1-10(2)6-12(8-15(19)20)9-18-16(21)13-5-4-11(3)7-14(13)17/h4-5,7,10,12H,6,8-9H2,1-3H3,(H,18,21)(H,19,20). The van der Waals surface area contributed by atoms with Gasteiger partial charge in [-0.05, 0) is 42.9 Å². The molecule has 1 rings (SSSR count). The Kier molecular flexibility index (Phi) is 6.34. The van der Waals surface area contributed by atoms with Crippen LogP contribution in [0.4, 0.5) is 4.39 Å². The van der Waals surface area contributed by atoms with Gasteiger partial charge in [0.15, 0.2) is 0 Å². The normalized spacial score (nSPS) is 12.2. The van der Waals surface area contributed by atoms with Crippen molar-refractivity contribution in [2.75, 3.05) is 6.54 Å². The molecule has 0 saturated carbocycles. The minimum atomic E-state index is -0.892. The van der Waals surface area contributed by atoms with Gasteiger partial charge in [-0.1, -0.05) is 19.9 Å². The van der Waals surface area contributed by atoms with Crippen LogP contribution in [0, 0.1) is 24.6 Å². The van der Waals surface area contributed by atoms with Crippen LogP contribution >= 0.6 is 0 Å². The third-order valence-corrected chi connectivity index (χ3v) is 3.19. The zero-order valence-electron chi connectivity index (χ0n) is 12.6. The molecule has 0 aliphatic rings. The highest BCUT2D eigenvalue weighted by atomic mass is 19.1. The Morgan fingerprint density at radius 2 is 2.00 bits per heavy atom. The smallest absolute Gasteiger partial charge is 0.303 e. The van der Waals surface area contributed by atoms with Crippen molar-refractivity contribution in [2.45, 2.75) is 33.6 Å². The molecule has 1 atom stereocenters. The van der Waals surface area contributed by atoms with Crippen LogP contribution in [-0.4, -0.2) is 23.5 Å². The van der Waals surface area contributed by atoms with Crippen LogP contribution < -0.4 is 5.32 Å². The maximum Gasteiger partial charge on any atom is 0.303 e. The van der Waals surface area contributed by atoms with Crippen molar-refractivity contribution < 1.29 is 19.1 Å². The number of halogens is 1. The van der Waals surface area contributed by atoms with E-state index in [1.165, 1.54) is 12.1 Å². The number of carbonyl (C=O) groups is 2. The molecule has 21 heavy (non-hydrogen) atoms. The second-order valence-corrected chi connectivity index (χ2v) is 5.79. The van der Waals surface area contributed by atoms with Crippen molar-refractivity contribution in [1.82, 2.24) is 5.32 Å². The number of hydrogen-bond acceptors (Lipinski definition) is 2. The number of aliphatic carboxylic acids is 1. The average molecular weight is 295 g/mol. The summed E-state index contributed by atoms with van der Waals surface area (Å²) < 4.78 is 13.7. The molecule has 1 aromatic rings. The maximum atomic E-state index is 13.7. The predicted octanol–water partition coefficient (Wildman–Crippen LogP) is 3.00. The average Bonchev–Trinajstić information content (AvgIpc) is 2.34. The van der Waals surface area contributed by atoms with Crippen LogP contribution in [0.5, 0.6) is 0 Å². The van der Waals surface area contributed by atoms with Gasteiger partial charge in [0, 0.05) is 13.0 Å². The van der Waals surface area contributed by atoms with E-state index in [2.05, 4.69) is 5.32 Å². The third-order valence-electron chi connectivity index (χ3n) is 3.19. The molecule has 116 valence electrons. The highest BCUT2D eigenvalue weighted by Gasteiger charge is 2.18. The lowest BCUT2D eigenvalue weighted by molar-refractivity contribution is -0.138. The Labute approximate surface area is 124 Å². The van der Waals surface area contributed by atoms with E-state index in [1.807, 2.05) is 13.8 Å². The molecular formula is C16H22FNO3. The molecule has 0 aliphatic heterocycles. The number of aryl methyl sites for hydroxylation is 1. The van der Waals surface area contributed by atoms with E-state index in [-0.39, 0.29) is 24.4 Å². The van der Waals surface area contributed by atoms with Gasteiger partial charge in [0.25, 0.3) is 5.91 Å². The number of rotatable bonds is 7. The number of amides is 1. The molecule has 0 bridgehead atoms. The second kappa shape index (κ2) is 7.76. The Morgan fingerprint density at radius 3 is 2.52 bits per heavy atom. The summed E-state index contributed by atoms with van der Waals surface area (Å²) >= 11 is 0. The van der Waals surface area contributed by atoms with Gasteiger partial charge in [-0.25, -0.2) is 4.39 Å². The van der Waals surface area contributed by atoms with Gasteiger partial charge in [-0.3, -0.25) is 9.59 Å². The van der Waals surface area contributed by atoms with Gasteiger partial charge >= 0.3 is 5.97 Å². The zero-order chi connectivity index (χ0) is 16.0. The highest BCUT2D eigenvalue weighted by Crippen LogP contribution is 2.15. The van der Waals surface area contributed by atoms with Crippen LogP contribution in [0.1, 0.15) is 42.6 Å². The van der Waals surface area contributed by atoms with E-state index in [0.717, 1.165) is 5.56 Å². The summed E-state index contributed by atoms with van der Waals surface area (Å²) in [6.07, 6.45) is 0.692. The van der Waals surface area contributed by atoms with Crippen molar-refractivity contribution in [3.63, 3.8) is 0 Å². The number of hydrogen-bond donors (Lipinski definition) is 2. The fourth-order valence-electron chi connectivity index (χ4n) is 2.29. The van der Waals surface area contributed by atoms with Crippen LogP contribution in [0.3, 0.4) is 0 Å². The third kappa shape index (κ3) is 5.94. The van der Waals surface area contributed by atoms with Gasteiger partial charge in [0.1, 0.15) is 5.82 Å². The summed E-state index contributed by atoms with van der Waals surface area (Å²) in [6.45, 7) is 5.97. The molecular weight excluding hydrogens is 273 g/mol. The summed E-state index contributed by atoms with van der Waals surface area (Å²) in [5, 5.41) is 11.5. The number of nitrogens with one attached hydrogen (secondary N) is 1. The molecule has 0 aromatic heterocycles. The highest BCUT2D eigenvalue weighted by molar-refractivity contribution is 5.94. The zero-order valence-corrected chi connectivity index (χ0v) is 12.6. The maximum absolute atomic E-state index is 13.7. The fourth-order valence-corrected chi connectivity index (χ4v) is 2.29. The largest absolute Gasteiger partial charge is 0.481 e. The molecule has 1 amide bonds. The van der Waals surface area contributed by atoms with Crippen molar-refractivity contribution in [1.29, 1.82) is 0 Å². The number of carboxylic acids is 1. The van der Waals surface area contributed by atoms with E-state index < -0.39 is 17.7 Å². The van der Waals surface area contributed by atoms with Crippen LogP contribution in [0.2, 0.25) is 0 Å². The van der Waals surface area contributed by atoms with Crippen molar-refractivity contribution >= 4 is 11.9 Å². The Bertz CT molecular complexity index is 514. The molecule has 0 fully saturated rings. The van der Waals surface area contributed by atoms with E-state index in [4.69, 9.17) is 5.11 Å². The van der Waals surface area contributed by atoms with Crippen LogP contribution in [-0.2, 0) is 4.79 Å². The van der Waals surface area contributed by atoms with E-state index in [1.54, 1.807) is 13.0 Å². The summed E-state index contributed by atoms with van der Waals surface area (Å²) in [5.74, 6) is -1.78. The molecule has 1 aromatic carbocycles. The van der Waals surface area contributed by atoms with Crippen LogP contribution in [0.25, 0.3) is 0 Å².